The molecule has 0 aliphatic rings. The van der Waals surface area contributed by atoms with Gasteiger partial charge in [0.25, 0.3) is 0 Å². The van der Waals surface area contributed by atoms with Crippen LogP contribution in [0.15, 0.2) is 4.99 Å². The molecule has 0 spiro atoms. The van der Waals surface area contributed by atoms with E-state index >= 15 is 0 Å². The molecule has 0 rings (SSSR count). The molecular weight excluding hydrogens is 346 g/mol. The summed E-state index contributed by atoms with van der Waals surface area (Å²) in [7, 11) is 1.64. The van der Waals surface area contributed by atoms with Gasteiger partial charge in [0.1, 0.15) is 5.60 Å². The van der Waals surface area contributed by atoms with Crippen LogP contribution in [0.2, 0.25) is 0 Å². The van der Waals surface area contributed by atoms with Crippen LogP contribution in [0, 0.1) is 0 Å². The molecule has 0 saturated heterocycles. The monoisotopic (exact) mass is 385 g/mol. The van der Waals surface area contributed by atoms with Crippen molar-refractivity contribution in [2.75, 3.05) is 20.1 Å². The van der Waals surface area contributed by atoms with Gasteiger partial charge in [0.05, 0.1) is 12.1 Å². The summed E-state index contributed by atoms with van der Waals surface area (Å²) < 4.78 is 5.38. The minimum Gasteiger partial charge on any atom is -0.444 e. The third-order valence-corrected chi connectivity index (χ3v) is 3.87. The maximum Gasteiger partial charge on any atom is 0.408 e. The first-order valence-corrected chi connectivity index (χ1v) is 9.52. The zero-order chi connectivity index (χ0) is 21.3. The first-order chi connectivity index (χ1) is 12.3. The van der Waals surface area contributed by atoms with Crippen molar-refractivity contribution in [2.45, 2.75) is 84.9 Å². The van der Waals surface area contributed by atoms with E-state index in [0.29, 0.717) is 12.5 Å². The molecule has 0 aromatic rings. The molecule has 0 saturated carbocycles. The summed E-state index contributed by atoms with van der Waals surface area (Å²) in [5.74, 6) is 0.380. The Labute approximate surface area is 164 Å². The van der Waals surface area contributed by atoms with Crippen molar-refractivity contribution >= 4 is 18.0 Å². The largest absolute Gasteiger partial charge is 0.444 e. The SMILES string of the molecule is CCC(CC)(CNC(=NC)NCC(=O)NC(C)(C)C)NC(=O)OC(C)(C)C. The van der Waals surface area contributed by atoms with E-state index in [4.69, 9.17) is 4.74 Å². The van der Waals surface area contributed by atoms with Gasteiger partial charge < -0.3 is 26.0 Å². The van der Waals surface area contributed by atoms with Gasteiger partial charge in [-0.3, -0.25) is 9.79 Å². The van der Waals surface area contributed by atoms with Crippen molar-refractivity contribution in [2.24, 2.45) is 4.99 Å². The summed E-state index contributed by atoms with van der Waals surface area (Å²) in [5.41, 5.74) is -1.32. The van der Waals surface area contributed by atoms with Gasteiger partial charge in [-0.15, -0.1) is 0 Å². The lowest BCUT2D eigenvalue weighted by molar-refractivity contribution is -0.121. The highest BCUT2D eigenvalue weighted by Gasteiger charge is 2.30. The third-order valence-electron chi connectivity index (χ3n) is 3.87. The average molecular weight is 386 g/mol. The Morgan fingerprint density at radius 3 is 1.89 bits per heavy atom. The van der Waals surface area contributed by atoms with Crippen molar-refractivity contribution < 1.29 is 14.3 Å². The number of alkyl carbamates (subject to hydrolysis) is 1. The van der Waals surface area contributed by atoms with Crippen LogP contribution in [-0.2, 0) is 9.53 Å². The molecule has 0 atom stereocenters. The van der Waals surface area contributed by atoms with Crippen LogP contribution >= 0.6 is 0 Å². The second kappa shape index (κ2) is 10.4. The number of aliphatic imine (C=N–C) groups is 1. The van der Waals surface area contributed by atoms with Crippen LogP contribution in [0.4, 0.5) is 4.79 Å². The molecule has 8 nitrogen and oxygen atoms in total. The number of hydrogen-bond acceptors (Lipinski definition) is 4. The number of nitrogens with zero attached hydrogens (tertiary/aromatic N) is 1. The molecule has 27 heavy (non-hydrogen) atoms. The number of ether oxygens (including phenoxy) is 1. The zero-order valence-corrected chi connectivity index (χ0v) is 18.5. The molecule has 0 aromatic heterocycles. The molecule has 0 aliphatic carbocycles. The van der Waals surface area contributed by atoms with Crippen LogP contribution in [0.25, 0.3) is 0 Å². The molecule has 158 valence electrons. The lowest BCUT2D eigenvalue weighted by atomic mass is 9.93. The number of nitrogens with one attached hydrogen (secondary N) is 4. The Bertz CT molecular complexity index is 514. The highest BCUT2D eigenvalue weighted by Crippen LogP contribution is 2.16. The molecule has 0 heterocycles. The van der Waals surface area contributed by atoms with Crippen molar-refractivity contribution in [3.63, 3.8) is 0 Å². The lowest BCUT2D eigenvalue weighted by Crippen LogP contribution is -2.57. The Morgan fingerprint density at radius 2 is 1.48 bits per heavy atom. The summed E-state index contributed by atoms with van der Waals surface area (Å²) >= 11 is 0. The number of rotatable bonds is 7. The van der Waals surface area contributed by atoms with Gasteiger partial charge in [0.15, 0.2) is 5.96 Å². The molecule has 4 N–H and O–H groups in total. The van der Waals surface area contributed by atoms with Crippen LogP contribution in [0.3, 0.4) is 0 Å². The van der Waals surface area contributed by atoms with E-state index in [1.54, 1.807) is 7.05 Å². The predicted molar refractivity (Wildman–Crippen MR) is 110 cm³/mol. The third kappa shape index (κ3) is 11.4. The fourth-order valence-electron chi connectivity index (χ4n) is 2.34. The quantitative estimate of drug-likeness (QED) is 0.397. The highest BCUT2D eigenvalue weighted by atomic mass is 16.6. The summed E-state index contributed by atoms with van der Waals surface area (Å²) in [6.45, 7) is 15.9. The second-order valence-electron chi connectivity index (χ2n) is 8.69. The zero-order valence-electron chi connectivity index (χ0n) is 18.5. The number of carbonyl (C=O) groups excluding carboxylic acids is 2. The number of hydrogen-bond donors (Lipinski definition) is 4. The van der Waals surface area contributed by atoms with E-state index in [9.17, 15) is 9.59 Å². The van der Waals surface area contributed by atoms with E-state index in [0.717, 1.165) is 12.8 Å². The van der Waals surface area contributed by atoms with E-state index in [1.807, 2.05) is 55.4 Å². The fourth-order valence-corrected chi connectivity index (χ4v) is 2.34. The lowest BCUT2D eigenvalue weighted by Gasteiger charge is -2.34. The number of amides is 2. The normalized spacial score (nSPS) is 13.0. The van der Waals surface area contributed by atoms with Gasteiger partial charge in [-0.2, -0.15) is 0 Å². The Balaban J connectivity index is 4.76. The smallest absolute Gasteiger partial charge is 0.408 e. The van der Waals surface area contributed by atoms with Crippen LogP contribution in [-0.4, -0.2) is 54.8 Å². The minimum atomic E-state index is -0.553. The molecular formula is C19H39N5O3. The molecule has 0 radical (unpaired) electrons. The fraction of sp³-hybridized carbons (Fsp3) is 0.842. The maximum atomic E-state index is 12.2. The summed E-state index contributed by atoms with van der Waals surface area (Å²) in [5, 5.41) is 12.0. The van der Waals surface area contributed by atoms with Gasteiger partial charge in [-0.1, -0.05) is 13.8 Å². The topological polar surface area (TPSA) is 104 Å². The van der Waals surface area contributed by atoms with E-state index in [2.05, 4.69) is 26.3 Å². The average Bonchev–Trinajstić information content (AvgIpc) is 2.50. The summed E-state index contributed by atoms with van der Waals surface area (Å²) in [6.07, 6.45) is 0.995. The number of guanidine groups is 1. The Kier molecular flexibility index (Phi) is 9.61. The molecule has 0 bridgehead atoms. The van der Waals surface area contributed by atoms with E-state index < -0.39 is 17.2 Å². The van der Waals surface area contributed by atoms with Crippen LogP contribution in [0.1, 0.15) is 68.2 Å². The minimum absolute atomic E-state index is 0.113. The van der Waals surface area contributed by atoms with Gasteiger partial charge >= 0.3 is 6.09 Å². The predicted octanol–water partition coefficient (Wildman–Crippen LogP) is 2.15. The Morgan fingerprint density at radius 1 is 0.926 bits per heavy atom. The summed E-state index contributed by atoms with van der Waals surface area (Å²) in [4.78, 5) is 28.3. The van der Waals surface area contributed by atoms with E-state index in [-0.39, 0.29) is 18.0 Å². The van der Waals surface area contributed by atoms with Gasteiger partial charge in [0.2, 0.25) is 5.91 Å². The molecule has 0 fully saturated rings. The second-order valence-corrected chi connectivity index (χ2v) is 8.69. The first kappa shape index (κ1) is 25.0. The van der Waals surface area contributed by atoms with Gasteiger partial charge in [-0.05, 0) is 54.4 Å². The van der Waals surface area contributed by atoms with Crippen LogP contribution < -0.4 is 21.3 Å². The molecule has 2 amide bonds. The van der Waals surface area contributed by atoms with E-state index in [1.165, 1.54) is 0 Å². The molecule has 0 unspecified atom stereocenters. The highest BCUT2D eigenvalue weighted by molar-refractivity contribution is 5.86. The Hall–Kier alpha value is -1.99. The first-order valence-electron chi connectivity index (χ1n) is 9.52. The van der Waals surface area contributed by atoms with Crippen molar-refractivity contribution in [3.05, 3.63) is 0 Å². The number of carbonyl (C=O) groups is 2. The van der Waals surface area contributed by atoms with Crippen molar-refractivity contribution in [1.29, 1.82) is 0 Å². The summed E-state index contributed by atoms with van der Waals surface area (Å²) in [6, 6.07) is 0. The molecule has 8 heteroatoms. The standard InChI is InChI=1S/C19H39N5O3/c1-10-19(11-2,24-16(26)27-18(6,7)8)13-22-15(20-9)21-12-14(25)23-17(3,4)5/h10-13H2,1-9H3,(H,23,25)(H,24,26)(H2,20,21,22). The maximum absolute atomic E-state index is 12.2. The van der Waals surface area contributed by atoms with Crippen LogP contribution in [0.5, 0.6) is 0 Å². The van der Waals surface area contributed by atoms with Gasteiger partial charge in [0, 0.05) is 19.1 Å². The molecule has 0 aromatic carbocycles. The van der Waals surface area contributed by atoms with Crippen molar-refractivity contribution in [3.8, 4) is 0 Å². The van der Waals surface area contributed by atoms with Gasteiger partial charge in [-0.25, -0.2) is 4.79 Å². The molecule has 0 aliphatic heterocycles. The van der Waals surface area contributed by atoms with Crippen molar-refractivity contribution in [1.82, 2.24) is 21.3 Å².